The van der Waals surface area contributed by atoms with E-state index < -0.39 is 4.92 Å². The zero-order valence-corrected chi connectivity index (χ0v) is 10.6. The molecule has 0 unspecified atom stereocenters. The lowest BCUT2D eigenvalue weighted by Gasteiger charge is -2.25. The molecule has 0 amide bonds. The van der Waals surface area contributed by atoms with E-state index in [4.69, 9.17) is 11.6 Å². The second-order valence-electron chi connectivity index (χ2n) is 3.67. The summed E-state index contributed by atoms with van der Waals surface area (Å²) in [5.74, 6) is 0. The minimum atomic E-state index is -0.407. The molecule has 0 saturated carbocycles. The molecule has 1 saturated heterocycles. The van der Waals surface area contributed by atoms with E-state index in [1.54, 1.807) is 6.07 Å². The number of nitro benzene ring substituents is 1. The summed E-state index contributed by atoms with van der Waals surface area (Å²) in [4.78, 5) is 10.3. The monoisotopic (exact) mass is 277 g/mol. The van der Waals surface area contributed by atoms with Gasteiger partial charge in [-0.1, -0.05) is 11.6 Å². The van der Waals surface area contributed by atoms with Crippen molar-refractivity contribution >= 4 is 29.7 Å². The highest BCUT2D eigenvalue weighted by Crippen LogP contribution is 2.27. The summed E-state index contributed by atoms with van der Waals surface area (Å²) in [7, 11) is 0. The third-order valence-corrected chi connectivity index (χ3v) is 2.95. The Kier molecular flexibility index (Phi) is 5.14. The van der Waals surface area contributed by atoms with Crippen LogP contribution in [0, 0.1) is 10.1 Å². The lowest BCUT2D eigenvalue weighted by molar-refractivity contribution is -0.384. The summed E-state index contributed by atoms with van der Waals surface area (Å²) in [6.45, 7) is 2.48. The molecule has 1 atom stereocenters. The summed E-state index contributed by atoms with van der Waals surface area (Å²) in [5, 5.41) is 17.7. The molecule has 0 bridgehead atoms. The van der Waals surface area contributed by atoms with Crippen LogP contribution in [0.5, 0.6) is 0 Å². The Morgan fingerprint density at radius 3 is 2.76 bits per heavy atom. The van der Waals surface area contributed by atoms with Crippen LogP contribution in [0.2, 0.25) is 5.02 Å². The Labute approximate surface area is 110 Å². The lowest BCUT2D eigenvalue weighted by atomic mass is 10.0. The molecule has 1 heterocycles. The number of hydrogen-bond acceptors (Lipinski definition) is 4. The average Bonchev–Trinajstić information content (AvgIpc) is 2.30. The van der Waals surface area contributed by atoms with Gasteiger partial charge in [0.1, 0.15) is 0 Å². The van der Waals surface area contributed by atoms with Crippen LogP contribution in [-0.2, 0) is 0 Å². The van der Waals surface area contributed by atoms with Gasteiger partial charge < -0.3 is 10.6 Å². The molecular weight excluding hydrogens is 265 g/mol. The zero-order valence-electron chi connectivity index (χ0n) is 8.98. The molecule has 0 aromatic heterocycles. The molecule has 1 fully saturated rings. The first kappa shape index (κ1) is 14.2. The number of nitrogens with zero attached hydrogens (tertiary/aromatic N) is 1. The number of rotatable bonds is 2. The molecule has 0 spiro atoms. The molecule has 1 aliphatic heterocycles. The van der Waals surface area contributed by atoms with Gasteiger partial charge in [-0.2, -0.15) is 0 Å². The predicted molar refractivity (Wildman–Crippen MR) is 69.0 cm³/mol. The van der Waals surface area contributed by atoms with Crippen molar-refractivity contribution in [1.29, 1.82) is 0 Å². The number of nitrogens with one attached hydrogen (secondary N) is 2. The van der Waals surface area contributed by atoms with Crippen molar-refractivity contribution in [1.82, 2.24) is 10.6 Å². The van der Waals surface area contributed by atoms with Crippen LogP contribution in [0.3, 0.4) is 0 Å². The third-order valence-electron chi connectivity index (χ3n) is 2.61. The minimum Gasteiger partial charge on any atom is -0.314 e. The molecule has 2 N–H and O–H groups in total. The molecule has 2 rings (SSSR count). The van der Waals surface area contributed by atoms with Gasteiger partial charge in [-0.15, -0.1) is 12.4 Å². The third kappa shape index (κ3) is 3.29. The fourth-order valence-corrected chi connectivity index (χ4v) is 2.03. The fourth-order valence-electron chi connectivity index (χ4n) is 1.79. The first-order chi connectivity index (χ1) is 7.68. The summed E-state index contributed by atoms with van der Waals surface area (Å²) in [6.07, 6.45) is 0. The van der Waals surface area contributed by atoms with Gasteiger partial charge in [0.05, 0.1) is 4.92 Å². The Bertz CT molecular complexity index is 409. The van der Waals surface area contributed by atoms with Crippen molar-refractivity contribution < 1.29 is 4.92 Å². The van der Waals surface area contributed by atoms with Gasteiger partial charge in [-0.25, -0.2) is 0 Å². The van der Waals surface area contributed by atoms with Crippen LogP contribution in [0.4, 0.5) is 5.69 Å². The van der Waals surface area contributed by atoms with Gasteiger partial charge in [-0.3, -0.25) is 10.1 Å². The van der Waals surface area contributed by atoms with E-state index in [0.717, 1.165) is 25.2 Å². The maximum Gasteiger partial charge on any atom is 0.269 e. The number of hydrogen-bond donors (Lipinski definition) is 2. The Morgan fingerprint density at radius 2 is 2.18 bits per heavy atom. The van der Waals surface area contributed by atoms with E-state index in [1.165, 1.54) is 12.1 Å². The van der Waals surface area contributed by atoms with Gasteiger partial charge in [0.25, 0.3) is 5.69 Å². The smallest absolute Gasteiger partial charge is 0.269 e. The number of benzene rings is 1. The Morgan fingerprint density at radius 1 is 1.41 bits per heavy atom. The predicted octanol–water partition coefficient (Wildman–Crippen LogP) is 1.90. The summed E-state index contributed by atoms with van der Waals surface area (Å²) >= 11 is 6.04. The van der Waals surface area contributed by atoms with Crippen LogP contribution < -0.4 is 10.6 Å². The SMILES string of the molecule is Cl.O=[N+]([O-])c1ccc(Cl)c([C@H]2CNCCN2)c1. The van der Waals surface area contributed by atoms with Gasteiger partial charge in [0.15, 0.2) is 0 Å². The molecule has 17 heavy (non-hydrogen) atoms. The number of non-ortho nitro benzene ring substituents is 1. The number of piperazine rings is 1. The molecule has 0 aliphatic carbocycles. The van der Waals surface area contributed by atoms with E-state index in [2.05, 4.69) is 10.6 Å². The topological polar surface area (TPSA) is 67.2 Å². The maximum atomic E-state index is 10.7. The van der Waals surface area contributed by atoms with E-state index in [9.17, 15) is 10.1 Å². The van der Waals surface area contributed by atoms with E-state index in [0.29, 0.717) is 5.02 Å². The lowest BCUT2D eigenvalue weighted by Crippen LogP contribution is -2.42. The standard InChI is InChI=1S/C10H12ClN3O2.ClH/c11-9-2-1-7(14(15)16)5-8(9)10-6-12-3-4-13-10;/h1-2,5,10,12-13H,3-4,6H2;1H/t10-;/m1./s1. The molecule has 5 nitrogen and oxygen atoms in total. The van der Waals surface area contributed by atoms with Gasteiger partial charge >= 0.3 is 0 Å². The number of halogens is 2. The molecular formula is C10H13Cl2N3O2. The highest BCUT2D eigenvalue weighted by Gasteiger charge is 2.19. The van der Waals surface area contributed by atoms with Crippen molar-refractivity contribution in [2.24, 2.45) is 0 Å². The van der Waals surface area contributed by atoms with Gasteiger partial charge in [0, 0.05) is 42.8 Å². The highest BCUT2D eigenvalue weighted by molar-refractivity contribution is 6.31. The largest absolute Gasteiger partial charge is 0.314 e. The molecule has 1 aliphatic rings. The zero-order chi connectivity index (χ0) is 11.5. The van der Waals surface area contributed by atoms with Crippen molar-refractivity contribution in [2.75, 3.05) is 19.6 Å². The van der Waals surface area contributed by atoms with Crippen LogP contribution in [-0.4, -0.2) is 24.6 Å². The number of nitro groups is 1. The normalized spacial score (nSPS) is 19.5. The van der Waals surface area contributed by atoms with Crippen molar-refractivity contribution in [3.8, 4) is 0 Å². The van der Waals surface area contributed by atoms with E-state index in [-0.39, 0.29) is 24.1 Å². The van der Waals surface area contributed by atoms with Crippen molar-refractivity contribution in [2.45, 2.75) is 6.04 Å². The van der Waals surface area contributed by atoms with Crippen LogP contribution >= 0.6 is 24.0 Å². The first-order valence-corrected chi connectivity index (χ1v) is 5.44. The fraction of sp³-hybridized carbons (Fsp3) is 0.400. The summed E-state index contributed by atoms with van der Waals surface area (Å²) in [6, 6.07) is 4.57. The quantitative estimate of drug-likeness (QED) is 0.640. The van der Waals surface area contributed by atoms with Crippen LogP contribution in [0.25, 0.3) is 0 Å². The molecule has 1 aromatic carbocycles. The maximum absolute atomic E-state index is 10.7. The Balaban J connectivity index is 0.00000144. The van der Waals surface area contributed by atoms with Crippen LogP contribution in [0.15, 0.2) is 18.2 Å². The minimum absolute atomic E-state index is 0. The van der Waals surface area contributed by atoms with E-state index >= 15 is 0 Å². The first-order valence-electron chi connectivity index (χ1n) is 5.06. The second-order valence-corrected chi connectivity index (χ2v) is 4.08. The molecule has 0 radical (unpaired) electrons. The molecule has 1 aromatic rings. The Hall–Kier alpha value is -0.880. The summed E-state index contributed by atoms with van der Waals surface area (Å²) < 4.78 is 0. The second kappa shape index (κ2) is 6.16. The van der Waals surface area contributed by atoms with Crippen LogP contribution in [0.1, 0.15) is 11.6 Å². The average molecular weight is 278 g/mol. The van der Waals surface area contributed by atoms with Crippen molar-refractivity contribution in [3.63, 3.8) is 0 Å². The summed E-state index contributed by atoms with van der Waals surface area (Å²) in [5.41, 5.74) is 0.856. The van der Waals surface area contributed by atoms with Gasteiger partial charge in [-0.05, 0) is 11.6 Å². The molecule has 94 valence electrons. The van der Waals surface area contributed by atoms with Gasteiger partial charge in [0.2, 0.25) is 0 Å². The highest BCUT2D eigenvalue weighted by atomic mass is 35.5. The molecule has 7 heteroatoms. The van der Waals surface area contributed by atoms with Crippen molar-refractivity contribution in [3.05, 3.63) is 38.9 Å². The van der Waals surface area contributed by atoms with E-state index in [1.807, 2.05) is 0 Å².